The van der Waals surface area contributed by atoms with Gasteiger partial charge in [0.15, 0.2) is 0 Å². The van der Waals surface area contributed by atoms with Crippen LogP contribution in [0.3, 0.4) is 0 Å². The van der Waals surface area contributed by atoms with Gasteiger partial charge < -0.3 is 21.7 Å². The van der Waals surface area contributed by atoms with Crippen LogP contribution in [0.4, 0.5) is 0 Å². The Balaban J connectivity index is 4.67. The number of nitrogens with one attached hydrogen (secondary N) is 3. The number of unbranched alkanes of at least 4 members (excludes halogenated alkanes) is 2. The predicted octanol–water partition coefficient (Wildman–Crippen LogP) is 4.05. The Morgan fingerprint density at radius 2 is 1.58 bits per heavy atom. The van der Waals surface area contributed by atoms with Crippen molar-refractivity contribution in [2.45, 2.75) is 92.9 Å². The van der Waals surface area contributed by atoms with Gasteiger partial charge in [-0.1, -0.05) is 53.1 Å². The number of azide groups is 1. The zero-order valence-electron chi connectivity index (χ0n) is 23.5. The third-order valence-corrected chi connectivity index (χ3v) is 6.06. The summed E-state index contributed by atoms with van der Waals surface area (Å²) in [5, 5.41) is 12.0. The fraction of sp³-hybridized carbons (Fsp3) is 0.885. The first-order chi connectivity index (χ1) is 16.8. The van der Waals surface area contributed by atoms with Gasteiger partial charge in [-0.05, 0) is 61.8 Å². The van der Waals surface area contributed by atoms with Crippen molar-refractivity contribution in [3.63, 3.8) is 0 Å². The quantitative estimate of drug-likeness (QED) is 0.0894. The number of carbonyl (C=O) groups excluding carboxylic acids is 3. The third-order valence-electron chi connectivity index (χ3n) is 6.06. The number of carbonyl (C=O) groups is 3. The molecular formula is C26H51N7O3. The Morgan fingerprint density at radius 1 is 0.944 bits per heavy atom. The highest BCUT2D eigenvalue weighted by molar-refractivity contribution is 5.82. The van der Waals surface area contributed by atoms with Crippen LogP contribution < -0.4 is 21.7 Å². The van der Waals surface area contributed by atoms with Crippen molar-refractivity contribution in [1.29, 1.82) is 0 Å². The van der Waals surface area contributed by atoms with Crippen LogP contribution in [0, 0.1) is 22.7 Å². The summed E-state index contributed by atoms with van der Waals surface area (Å²) in [5.74, 6) is 0.172. The highest BCUT2D eigenvalue weighted by Crippen LogP contribution is 2.38. The molecule has 0 spiro atoms. The third kappa shape index (κ3) is 16.4. The van der Waals surface area contributed by atoms with E-state index in [1.807, 2.05) is 6.92 Å². The molecule has 0 aromatic heterocycles. The van der Waals surface area contributed by atoms with E-state index in [1.54, 1.807) is 0 Å². The van der Waals surface area contributed by atoms with Gasteiger partial charge in [-0.2, -0.15) is 0 Å². The number of rotatable bonds is 19. The fourth-order valence-corrected chi connectivity index (χ4v) is 4.68. The van der Waals surface area contributed by atoms with Crippen LogP contribution in [-0.4, -0.2) is 50.4 Å². The molecule has 0 bridgehead atoms. The summed E-state index contributed by atoms with van der Waals surface area (Å²) >= 11 is 0. The van der Waals surface area contributed by atoms with Gasteiger partial charge in [-0.15, -0.1) is 0 Å². The van der Waals surface area contributed by atoms with Gasteiger partial charge in [-0.25, -0.2) is 0 Å². The van der Waals surface area contributed by atoms with E-state index in [-0.39, 0.29) is 35.6 Å². The van der Waals surface area contributed by atoms with Crippen molar-refractivity contribution in [2.75, 3.05) is 32.7 Å². The topological polar surface area (TPSA) is 162 Å². The molecule has 2 atom stereocenters. The maximum atomic E-state index is 12.9. The molecule has 0 heterocycles. The zero-order valence-corrected chi connectivity index (χ0v) is 23.5. The van der Waals surface area contributed by atoms with Gasteiger partial charge >= 0.3 is 0 Å². The van der Waals surface area contributed by atoms with E-state index in [2.05, 4.69) is 60.6 Å². The van der Waals surface area contributed by atoms with Gasteiger partial charge in [0.2, 0.25) is 17.7 Å². The molecule has 0 aromatic rings. The van der Waals surface area contributed by atoms with Crippen molar-refractivity contribution in [3.05, 3.63) is 10.4 Å². The fourth-order valence-electron chi connectivity index (χ4n) is 4.68. The van der Waals surface area contributed by atoms with Gasteiger partial charge in [0, 0.05) is 42.4 Å². The van der Waals surface area contributed by atoms with Crippen molar-refractivity contribution < 1.29 is 14.4 Å². The molecular weight excluding hydrogens is 458 g/mol. The van der Waals surface area contributed by atoms with Gasteiger partial charge in [-0.3, -0.25) is 14.4 Å². The first-order valence-electron chi connectivity index (χ1n) is 13.4. The van der Waals surface area contributed by atoms with E-state index < -0.39 is 5.41 Å². The standard InChI is InChI=1S/C26H51N7O3/c1-20(2)17-21(23(35)30-15-9-7-8-14-29-22(34)18-32-33-28)11-10-12-26(6,19-25(3,4)5)24(36)31-16-13-27/h20-21H,7-19,27H2,1-6H3,(H,29,34)(H,30,35)(H,31,36). The van der Waals surface area contributed by atoms with Crippen LogP contribution >= 0.6 is 0 Å². The number of hydrogen-bond acceptors (Lipinski definition) is 5. The second-order valence-corrected chi connectivity index (χ2v) is 11.7. The number of amides is 3. The molecule has 10 nitrogen and oxygen atoms in total. The Bertz CT molecular complexity index is 715. The molecule has 0 aliphatic rings. The summed E-state index contributed by atoms with van der Waals surface area (Å²) in [7, 11) is 0. The van der Waals surface area contributed by atoms with Crippen LogP contribution in [0.15, 0.2) is 5.11 Å². The molecule has 0 saturated heterocycles. The number of nitrogens with two attached hydrogens (primary N) is 1. The Kier molecular flexibility index (Phi) is 16.8. The lowest BCUT2D eigenvalue weighted by molar-refractivity contribution is -0.132. The molecule has 0 saturated carbocycles. The predicted molar refractivity (Wildman–Crippen MR) is 145 cm³/mol. The largest absolute Gasteiger partial charge is 0.356 e. The van der Waals surface area contributed by atoms with Crippen molar-refractivity contribution in [1.82, 2.24) is 16.0 Å². The van der Waals surface area contributed by atoms with Gasteiger partial charge in [0.05, 0.1) is 0 Å². The average Bonchev–Trinajstić information content (AvgIpc) is 2.78. The van der Waals surface area contributed by atoms with Crippen molar-refractivity contribution in [3.8, 4) is 0 Å². The molecule has 0 radical (unpaired) electrons. The second kappa shape index (κ2) is 18.0. The smallest absolute Gasteiger partial charge is 0.226 e. The van der Waals surface area contributed by atoms with Gasteiger partial charge in [0.25, 0.3) is 0 Å². The normalized spacial score (nSPS) is 13.9. The average molecular weight is 510 g/mol. The first kappa shape index (κ1) is 33.7. The van der Waals surface area contributed by atoms with E-state index in [0.29, 0.717) is 32.1 Å². The van der Waals surface area contributed by atoms with E-state index >= 15 is 0 Å². The minimum absolute atomic E-state index is 0.0108. The molecule has 208 valence electrons. The first-order valence-corrected chi connectivity index (χ1v) is 13.4. The molecule has 3 amide bonds. The summed E-state index contributed by atoms with van der Waals surface area (Å²) in [6.45, 7) is 14.5. The highest BCUT2D eigenvalue weighted by Gasteiger charge is 2.36. The van der Waals surface area contributed by atoms with E-state index in [9.17, 15) is 14.4 Å². The lowest BCUT2D eigenvalue weighted by Gasteiger charge is -2.35. The van der Waals surface area contributed by atoms with Crippen LogP contribution in [0.2, 0.25) is 0 Å². The zero-order chi connectivity index (χ0) is 27.6. The molecule has 5 N–H and O–H groups in total. The number of nitrogens with zero attached hydrogens (tertiary/aromatic N) is 3. The number of hydrogen-bond donors (Lipinski definition) is 4. The van der Waals surface area contributed by atoms with Crippen LogP contribution in [0.1, 0.15) is 92.9 Å². The second-order valence-electron chi connectivity index (χ2n) is 11.7. The molecule has 0 aliphatic carbocycles. The molecule has 36 heavy (non-hydrogen) atoms. The maximum Gasteiger partial charge on any atom is 0.226 e. The molecule has 0 rings (SSSR count). The Morgan fingerprint density at radius 3 is 2.14 bits per heavy atom. The van der Waals surface area contributed by atoms with Crippen LogP contribution in [-0.2, 0) is 14.4 Å². The Hall–Kier alpha value is -2.32. The SMILES string of the molecule is CC(C)CC(CCCC(C)(CC(C)(C)C)C(=O)NCCN)C(=O)NCCCCCNC(=O)CN=[N+]=[N-]. The lowest BCUT2D eigenvalue weighted by Crippen LogP contribution is -2.43. The van der Waals surface area contributed by atoms with E-state index in [1.165, 1.54) is 0 Å². The summed E-state index contributed by atoms with van der Waals surface area (Å²) in [5.41, 5.74) is 13.3. The summed E-state index contributed by atoms with van der Waals surface area (Å²) in [6.07, 6.45) is 6.38. The molecule has 0 aromatic carbocycles. The Labute approximate surface area is 217 Å². The van der Waals surface area contributed by atoms with Gasteiger partial charge in [0.1, 0.15) is 6.54 Å². The molecule has 0 aliphatic heterocycles. The molecule has 0 fully saturated rings. The summed E-state index contributed by atoms with van der Waals surface area (Å²) in [6, 6.07) is 0. The lowest BCUT2D eigenvalue weighted by atomic mass is 9.71. The minimum Gasteiger partial charge on any atom is -0.356 e. The molecule has 2 unspecified atom stereocenters. The summed E-state index contributed by atoms with van der Waals surface area (Å²) < 4.78 is 0. The van der Waals surface area contributed by atoms with Crippen LogP contribution in [0.5, 0.6) is 0 Å². The van der Waals surface area contributed by atoms with E-state index in [0.717, 1.165) is 51.4 Å². The highest BCUT2D eigenvalue weighted by atomic mass is 16.2. The van der Waals surface area contributed by atoms with E-state index in [4.69, 9.17) is 11.3 Å². The van der Waals surface area contributed by atoms with Crippen molar-refractivity contribution >= 4 is 17.7 Å². The monoisotopic (exact) mass is 509 g/mol. The maximum absolute atomic E-state index is 12.9. The van der Waals surface area contributed by atoms with Crippen LogP contribution in [0.25, 0.3) is 10.4 Å². The minimum atomic E-state index is -0.497. The molecule has 10 heteroatoms. The summed E-state index contributed by atoms with van der Waals surface area (Å²) in [4.78, 5) is 39.8. The van der Waals surface area contributed by atoms with Crippen molar-refractivity contribution in [2.24, 2.45) is 33.5 Å².